The van der Waals surface area contributed by atoms with Gasteiger partial charge >= 0.3 is 5.97 Å². The maximum atomic E-state index is 12.4. The minimum Gasteiger partial charge on any atom is -0.490 e. The molecule has 0 saturated carbocycles. The normalized spacial score (nSPS) is 13.3. The molecule has 1 aliphatic heterocycles. The first kappa shape index (κ1) is 38.5. The zero-order valence-electron chi connectivity index (χ0n) is 28.6. The van der Waals surface area contributed by atoms with Gasteiger partial charge in [0.2, 0.25) is 11.6 Å². The van der Waals surface area contributed by atoms with Crippen molar-refractivity contribution in [3.63, 3.8) is 0 Å². The number of nitriles is 1. The van der Waals surface area contributed by atoms with E-state index in [0.717, 1.165) is 48.6 Å². The van der Waals surface area contributed by atoms with Crippen molar-refractivity contribution in [2.24, 2.45) is 11.5 Å². The molecule has 5 N–H and O–H groups in total. The van der Waals surface area contributed by atoms with E-state index < -0.39 is 24.0 Å². The fourth-order valence-electron chi connectivity index (χ4n) is 5.29. The fourth-order valence-corrected chi connectivity index (χ4v) is 7.22. The Balaban J connectivity index is 1.24. The number of halogens is 1. The van der Waals surface area contributed by atoms with Gasteiger partial charge in [-0.25, -0.2) is 19.6 Å². The number of amides is 1. The third kappa shape index (κ3) is 9.79. The number of nitrogens with two attached hydrogens (primary N) is 2. The van der Waals surface area contributed by atoms with Crippen LogP contribution in [0.25, 0.3) is 26.5 Å². The number of carbonyl (C=O) groups is 2. The Morgan fingerprint density at radius 2 is 1.87 bits per heavy atom. The number of thiazole rings is 1. The number of nitrogens with one attached hydrogen (secondary N) is 1. The van der Waals surface area contributed by atoms with Gasteiger partial charge in [0.05, 0.1) is 23.9 Å². The average Bonchev–Trinajstić information content (AvgIpc) is 3.61. The van der Waals surface area contributed by atoms with Crippen LogP contribution in [0.1, 0.15) is 43.9 Å². The molecule has 4 aromatic rings. The van der Waals surface area contributed by atoms with Gasteiger partial charge in [-0.1, -0.05) is 54.0 Å². The van der Waals surface area contributed by atoms with Crippen LogP contribution in [0.3, 0.4) is 0 Å². The molecule has 3 heterocycles. The van der Waals surface area contributed by atoms with E-state index in [1.54, 1.807) is 24.3 Å². The smallest absolute Gasteiger partial charge is 0.328 e. The molecule has 2 aromatic heterocycles. The highest BCUT2D eigenvalue weighted by atomic mass is 35.5. The lowest BCUT2D eigenvalue weighted by Gasteiger charge is -2.34. The Hall–Kier alpha value is -4.70. The number of pyridine rings is 1. The van der Waals surface area contributed by atoms with Crippen molar-refractivity contribution in [2.45, 2.75) is 55.5 Å². The monoisotopic (exact) mass is 758 g/mol. The van der Waals surface area contributed by atoms with Crippen LogP contribution in [0.15, 0.2) is 58.9 Å². The number of aromatic nitrogens is 2. The second-order valence-corrected chi connectivity index (χ2v) is 14.3. The minimum absolute atomic E-state index is 0.0336. The van der Waals surface area contributed by atoms with Gasteiger partial charge in [0, 0.05) is 40.4 Å². The molecule has 0 unspecified atom stereocenters. The number of esters is 1. The molecule has 15 heteroatoms. The van der Waals surface area contributed by atoms with E-state index >= 15 is 0 Å². The second-order valence-electron chi connectivity index (χ2n) is 12.0. The number of hydrogen-bond acceptors (Lipinski definition) is 12. The minimum atomic E-state index is -0.865. The van der Waals surface area contributed by atoms with E-state index in [-0.39, 0.29) is 13.2 Å². The number of thioether (sulfide) groups is 1. The number of ether oxygens (including phenoxy) is 2. The van der Waals surface area contributed by atoms with Crippen molar-refractivity contribution in [2.75, 3.05) is 37.7 Å². The first-order chi connectivity index (χ1) is 25.2. The van der Waals surface area contributed by atoms with Crippen LogP contribution in [0.5, 0.6) is 5.75 Å². The van der Waals surface area contributed by atoms with Crippen molar-refractivity contribution >= 4 is 58.1 Å². The van der Waals surface area contributed by atoms with Gasteiger partial charge in [0.15, 0.2) is 0 Å². The van der Waals surface area contributed by atoms with Gasteiger partial charge in [-0.05, 0) is 62.6 Å². The van der Waals surface area contributed by atoms with Crippen molar-refractivity contribution < 1.29 is 19.1 Å². The zero-order chi connectivity index (χ0) is 37.0. The van der Waals surface area contributed by atoms with Gasteiger partial charge in [-0.15, -0.1) is 11.3 Å². The SMILES string of the molecule is [C-]#[N+]c1c(N2CCC2)nc(SCc2csc(-c3ccc(Cl)cc3)n2)c(C#N)c1-c1ccc(OCCOC(=O)[C@H](C)NC(=O)[C@@H](N)CCCCN)cc1. The Bertz CT molecular complexity index is 1940. The third-order valence-electron chi connectivity index (χ3n) is 8.26. The van der Waals surface area contributed by atoms with Crippen molar-refractivity contribution in [3.05, 3.63) is 81.6 Å². The molecule has 0 spiro atoms. The topological polar surface area (TPSA) is 174 Å². The van der Waals surface area contributed by atoms with Crippen LogP contribution >= 0.6 is 34.7 Å². The molecule has 1 amide bonds. The molecule has 1 aliphatic rings. The summed E-state index contributed by atoms with van der Waals surface area (Å²) in [6.45, 7) is 11.8. The molecule has 0 aliphatic carbocycles. The number of carbonyl (C=O) groups excluding carboxylic acids is 2. The van der Waals surface area contributed by atoms with E-state index in [2.05, 4.69) is 21.1 Å². The lowest BCUT2D eigenvalue weighted by molar-refractivity contribution is -0.148. The summed E-state index contributed by atoms with van der Waals surface area (Å²) in [5, 5.41) is 17.1. The second kappa shape index (κ2) is 18.7. The van der Waals surface area contributed by atoms with E-state index in [1.807, 2.05) is 29.6 Å². The number of hydrogen-bond donors (Lipinski definition) is 3. The summed E-state index contributed by atoms with van der Waals surface area (Å²) >= 11 is 9.01. The summed E-state index contributed by atoms with van der Waals surface area (Å²) in [7, 11) is 0. The summed E-state index contributed by atoms with van der Waals surface area (Å²) in [5.41, 5.74) is 15.1. The Morgan fingerprint density at radius 1 is 1.13 bits per heavy atom. The van der Waals surface area contributed by atoms with Gasteiger partial charge < -0.3 is 31.2 Å². The molecule has 5 rings (SSSR count). The first-order valence-electron chi connectivity index (χ1n) is 16.8. The number of benzene rings is 2. The van der Waals surface area contributed by atoms with Crippen LogP contribution in [0.2, 0.25) is 5.02 Å². The van der Waals surface area contributed by atoms with Crippen molar-refractivity contribution in [1.29, 1.82) is 5.26 Å². The summed E-state index contributed by atoms with van der Waals surface area (Å²) in [4.78, 5) is 40.2. The van der Waals surface area contributed by atoms with E-state index in [0.29, 0.717) is 62.7 Å². The highest BCUT2D eigenvalue weighted by molar-refractivity contribution is 7.98. The lowest BCUT2D eigenvalue weighted by atomic mass is 9.99. The van der Waals surface area contributed by atoms with Gasteiger partial charge in [-0.2, -0.15) is 5.26 Å². The molecule has 270 valence electrons. The van der Waals surface area contributed by atoms with Crippen LogP contribution in [0.4, 0.5) is 11.5 Å². The number of anilines is 1. The van der Waals surface area contributed by atoms with Crippen molar-refractivity contribution in [1.82, 2.24) is 15.3 Å². The number of rotatable bonds is 17. The molecular weight excluding hydrogens is 720 g/mol. The molecule has 2 atom stereocenters. The van der Waals surface area contributed by atoms with Gasteiger partial charge in [-0.3, -0.25) is 4.79 Å². The maximum absolute atomic E-state index is 12.4. The highest BCUT2D eigenvalue weighted by Crippen LogP contribution is 2.45. The Labute approximate surface area is 316 Å². The van der Waals surface area contributed by atoms with Crippen LogP contribution in [-0.4, -0.2) is 66.8 Å². The maximum Gasteiger partial charge on any atom is 0.328 e. The molecule has 52 heavy (non-hydrogen) atoms. The molecule has 1 fully saturated rings. The van der Waals surface area contributed by atoms with Gasteiger partial charge in [0.1, 0.15) is 46.9 Å². The zero-order valence-corrected chi connectivity index (χ0v) is 31.0. The third-order valence-corrected chi connectivity index (χ3v) is 10.5. The predicted octanol–water partition coefficient (Wildman–Crippen LogP) is 6.33. The van der Waals surface area contributed by atoms with Crippen LogP contribution in [0, 0.1) is 17.9 Å². The largest absolute Gasteiger partial charge is 0.490 e. The average molecular weight is 759 g/mol. The molecule has 12 nitrogen and oxygen atoms in total. The van der Waals surface area contributed by atoms with E-state index in [9.17, 15) is 14.9 Å². The standard InChI is InChI=1S/C37H39ClN8O4S2/c1-23(43-34(47)30(41)6-3-4-15-39)37(48)50-19-18-49-28-13-9-24(10-14-28)31-29(20-40)36(45-33(32(31)42-2)46-16-5-17-46)52-22-27-21-51-35(44-27)25-7-11-26(38)12-8-25/h7-14,21,23,30H,3-6,15-19,22,39,41H2,1H3,(H,43,47)/t23-,30-/m0/s1. The Kier molecular flexibility index (Phi) is 13.8. The van der Waals surface area contributed by atoms with E-state index in [4.69, 9.17) is 49.1 Å². The van der Waals surface area contributed by atoms with Crippen LogP contribution in [-0.2, 0) is 20.1 Å². The summed E-state index contributed by atoms with van der Waals surface area (Å²) in [6.07, 6.45) is 2.99. The fraction of sp³-hybridized carbons (Fsp3) is 0.351. The molecular formula is C37H39ClN8O4S2. The summed E-state index contributed by atoms with van der Waals surface area (Å²) in [6, 6.07) is 15.4. The number of unbranched alkanes of at least 4 members (excludes halogenated alkanes) is 1. The quantitative estimate of drug-likeness (QED) is 0.0475. The Morgan fingerprint density at radius 3 is 2.52 bits per heavy atom. The summed E-state index contributed by atoms with van der Waals surface area (Å²) < 4.78 is 11.1. The predicted molar refractivity (Wildman–Crippen MR) is 205 cm³/mol. The lowest BCUT2D eigenvalue weighted by Crippen LogP contribution is -2.47. The highest BCUT2D eigenvalue weighted by Gasteiger charge is 2.28. The summed E-state index contributed by atoms with van der Waals surface area (Å²) in [5.74, 6) is 0.559. The number of nitrogens with zero attached hydrogens (tertiary/aromatic N) is 5. The molecule has 2 aromatic carbocycles. The molecule has 0 bridgehead atoms. The van der Waals surface area contributed by atoms with Crippen LogP contribution < -0.4 is 26.4 Å². The van der Waals surface area contributed by atoms with E-state index in [1.165, 1.54) is 30.0 Å². The molecule has 1 saturated heterocycles. The molecule has 0 radical (unpaired) electrons. The van der Waals surface area contributed by atoms with Gasteiger partial charge in [0.25, 0.3) is 0 Å². The van der Waals surface area contributed by atoms with Crippen molar-refractivity contribution in [3.8, 4) is 33.5 Å². The first-order valence-corrected chi connectivity index (χ1v) is 19.1.